The first-order chi connectivity index (χ1) is 14.8. The standard InChI is InChI=1S/C22H28N4O4S/c1-2-21(27)23-17-6-8-18(9-7-17)24-22(28)16-31(29,30)25-19-10-12-20(13-11-19)26-14-4-3-5-15-26/h6-13,25H,2-5,14-16H2,1H3,(H,23,27)(H,24,28). The van der Waals surface area contributed by atoms with E-state index in [4.69, 9.17) is 0 Å². The number of piperidine rings is 1. The van der Waals surface area contributed by atoms with Gasteiger partial charge in [-0.2, -0.15) is 0 Å². The summed E-state index contributed by atoms with van der Waals surface area (Å²) in [5, 5.41) is 5.25. The molecule has 0 aliphatic carbocycles. The van der Waals surface area contributed by atoms with E-state index in [0.717, 1.165) is 18.8 Å². The van der Waals surface area contributed by atoms with E-state index in [0.29, 0.717) is 23.5 Å². The van der Waals surface area contributed by atoms with Crippen molar-refractivity contribution >= 4 is 44.6 Å². The second-order valence-electron chi connectivity index (χ2n) is 7.48. The van der Waals surface area contributed by atoms with E-state index in [9.17, 15) is 18.0 Å². The minimum atomic E-state index is -3.85. The minimum absolute atomic E-state index is 0.113. The van der Waals surface area contributed by atoms with Crippen molar-refractivity contribution in [3.8, 4) is 0 Å². The van der Waals surface area contributed by atoms with Crippen LogP contribution in [0.15, 0.2) is 48.5 Å². The van der Waals surface area contributed by atoms with Gasteiger partial charge in [-0.3, -0.25) is 14.3 Å². The van der Waals surface area contributed by atoms with Crippen LogP contribution in [0.2, 0.25) is 0 Å². The molecule has 31 heavy (non-hydrogen) atoms. The average Bonchev–Trinajstić information content (AvgIpc) is 2.75. The van der Waals surface area contributed by atoms with Crippen LogP contribution in [0.1, 0.15) is 32.6 Å². The van der Waals surface area contributed by atoms with E-state index in [1.165, 1.54) is 19.3 Å². The summed E-state index contributed by atoms with van der Waals surface area (Å²) in [6, 6.07) is 13.7. The molecular formula is C22H28N4O4S. The molecule has 1 aliphatic heterocycles. The molecule has 0 unspecified atom stereocenters. The van der Waals surface area contributed by atoms with Gasteiger partial charge in [0, 0.05) is 42.3 Å². The fourth-order valence-corrected chi connectivity index (χ4v) is 4.35. The quantitative estimate of drug-likeness (QED) is 0.578. The molecular weight excluding hydrogens is 416 g/mol. The van der Waals surface area contributed by atoms with E-state index in [1.807, 2.05) is 12.1 Å². The predicted octanol–water partition coefficient (Wildman–Crippen LogP) is 3.41. The number of nitrogens with zero attached hydrogens (tertiary/aromatic N) is 1. The van der Waals surface area contributed by atoms with Gasteiger partial charge in [-0.05, 0) is 67.8 Å². The van der Waals surface area contributed by atoms with Crippen LogP contribution in [0.3, 0.4) is 0 Å². The molecule has 166 valence electrons. The zero-order valence-electron chi connectivity index (χ0n) is 17.6. The summed E-state index contributed by atoms with van der Waals surface area (Å²) in [6.45, 7) is 3.77. The Morgan fingerprint density at radius 2 is 1.32 bits per heavy atom. The summed E-state index contributed by atoms with van der Waals surface area (Å²) in [6.07, 6.45) is 3.94. The number of carbonyl (C=O) groups is 2. The highest BCUT2D eigenvalue weighted by Gasteiger charge is 2.17. The molecule has 2 aromatic rings. The van der Waals surface area contributed by atoms with Crippen LogP contribution in [0.4, 0.5) is 22.7 Å². The SMILES string of the molecule is CCC(=O)Nc1ccc(NC(=O)CS(=O)(=O)Nc2ccc(N3CCCCC3)cc2)cc1. The summed E-state index contributed by atoms with van der Waals surface area (Å²) in [5.74, 6) is -1.46. The van der Waals surface area contributed by atoms with Gasteiger partial charge in [0.15, 0.2) is 0 Å². The van der Waals surface area contributed by atoms with Gasteiger partial charge in [-0.25, -0.2) is 8.42 Å². The fourth-order valence-electron chi connectivity index (χ4n) is 3.36. The van der Waals surface area contributed by atoms with Crippen LogP contribution < -0.4 is 20.3 Å². The zero-order valence-corrected chi connectivity index (χ0v) is 18.4. The molecule has 1 aliphatic rings. The third-order valence-corrected chi connectivity index (χ3v) is 6.15. The highest BCUT2D eigenvalue weighted by Crippen LogP contribution is 2.22. The largest absolute Gasteiger partial charge is 0.372 e. The fraction of sp³-hybridized carbons (Fsp3) is 0.364. The molecule has 0 radical (unpaired) electrons. The number of rotatable bonds is 8. The van der Waals surface area contributed by atoms with Crippen molar-refractivity contribution in [2.45, 2.75) is 32.6 Å². The van der Waals surface area contributed by atoms with Crippen LogP contribution in [-0.4, -0.2) is 39.1 Å². The van der Waals surface area contributed by atoms with Gasteiger partial charge in [-0.1, -0.05) is 6.92 Å². The highest BCUT2D eigenvalue weighted by atomic mass is 32.2. The van der Waals surface area contributed by atoms with Crippen LogP contribution in [0, 0.1) is 0 Å². The Kier molecular flexibility index (Phi) is 7.51. The normalized spacial score (nSPS) is 14.0. The lowest BCUT2D eigenvalue weighted by Crippen LogP contribution is -2.29. The molecule has 0 atom stereocenters. The average molecular weight is 445 g/mol. The first-order valence-electron chi connectivity index (χ1n) is 10.4. The van der Waals surface area contributed by atoms with Gasteiger partial charge >= 0.3 is 0 Å². The van der Waals surface area contributed by atoms with Gasteiger partial charge in [0.2, 0.25) is 21.8 Å². The Labute approximate surface area is 183 Å². The number of amides is 2. The Morgan fingerprint density at radius 1 is 0.806 bits per heavy atom. The van der Waals surface area contributed by atoms with Crippen LogP contribution >= 0.6 is 0 Å². The van der Waals surface area contributed by atoms with Crippen LogP contribution in [-0.2, 0) is 19.6 Å². The lowest BCUT2D eigenvalue weighted by molar-refractivity contribution is -0.116. The van der Waals surface area contributed by atoms with Crippen molar-refractivity contribution in [1.29, 1.82) is 0 Å². The van der Waals surface area contributed by atoms with Crippen molar-refractivity contribution in [1.82, 2.24) is 0 Å². The van der Waals surface area contributed by atoms with Crippen molar-refractivity contribution < 1.29 is 18.0 Å². The predicted molar refractivity (Wildman–Crippen MR) is 124 cm³/mol. The van der Waals surface area contributed by atoms with Gasteiger partial charge in [0.25, 0.3) is 0 Å². The molecule has 0 bridgehead atoms. The Balaban J connectivity index is 1.52. The first-order valence-corrected chi connectivity index (χ1v) is 12.0. The Hall–Kier alpha value is -3.07. The number of hydrogen-bond donors (Lipinski definition) is 3. The maximum atomic E-state index is 12.4. The molecule has 3 rings (SSSR count). The number of anilines is 4. The molecule has 1 heterocycles. The van der Waals surface area contributed by atoms with Crippen molar-refractivity contribution in [3.63, 3.8) is 0 Å². The van der Waals surface area contributed by atoms with Crippen LogP contribution in [0.5, 0.6) is 0 Å². The van der Waals surface area contributed by atoms with Gasteiger partial charge in [-0.15, -0.1) is 0 Å². The number of carbonyl (C=O) groups excluding carboxylic acids is 2. The summed E-state index contributed by atoms with van der Waals surface area (Å²) < 4.78 is 27.2. The van der Waals surface area contributed by atoms with E-state index in [1.54, 1.807) is 43.3 Å². The molecule has 2 aromatic carbocycles. The maximum Gasteiger partial charge on any atom is 0.241 e. The number of hydrogen-bond acceptors (Lipinski definition) is 5. The topological polar surface area (TPSA) is 108 Å². The summed E-state index contributed by atoms with van der Waals surface area (Å²) in [5.41, 5.74) is 2.54. The lowest BCUT2D eigenvalue weighted by Gasteiger charge is -2.28. The number of nitrogens with one attached hydrogen (secondary N) is 3. The van der Waals surface area contributed by atoms with Crippen LogP contribution in [0.25, 0.3) is 0 Å². The van der Waals surface area contributed by atoms with Crippen molar-refractivity contribution in [2.24, 2.45) is 0 Å². The van der Waals surface area contributed by atoms with E-state index < -0.39 is 21.7 Å². The maximum absolute atomic E-state index is 12.4. The highest BCUT2D eigenvalue weighted by molar-refractivity contribution is 7.93. The molecule has 9 heteroatoms. The van der Waals surface area contributed by atoms with Gasteiger partial charge < -0.3 is 15.5 Å². The molecule has 0 aromatic heterocycles. The molecule has 3 N–H and O–H groups in total. The number of benzene rings is 2. The number of sulfonamides is 1. The molecule has 8 nitrogen and oxygen atoms in total. The lowest BCUT2D eigenvalue weighted by atomic mass is 10.1. The molecule has 1 saturated heterocycles. The first kappa shape index (κ1) is 22.6. The summed E-state index contributed by atoms with van der Waals surface area (Å²) in [4.78, 5) is 25.9. The van der Waals surface area contributed by atoms with E-state index in [-0.39, 0.29) is 5.91 Å². The van der Waals surface area contributed by atoms with Gasteiger partial charge in [0.05, 0.1) is 0 Å². The Bertz CT molecular complexity index is 999. The summed E-state index contributed by atoms with van der Waals surface area (Å²) >= 11 is 0. The molecule has 2 amide bonds. The van der Waals surface area contributed by atoms with E-state index in [2.05, 4.69) is 20.3 Å². The Morgan fingerprint density at radius 3 is 1.87 bits per heavy atom. The van der Waals surface area contributed by atoms with Crippen molar-refractivity contribution in [3.05, 3.63) is 48.5 Å². The molecule has 0 spiro atoms. The third-order valence-electron chi connectivity index (χ3n) is 4.96. The third kappa shape index (κ3) is 6.99. The zero-order chi connectivity index (χ0) is 22.3. The van der Waals surface area contributed by atoms with E-state index >= 15 is 0 Å². The second kappa shape index (κ2) is 10.3. The molecule has 0 saturated carbocycles. The van der Waals surface area contributed by atoms with Crippen molar-refractivity contribution in [2.75, 3.05) is 39.1 Å². The monoisotopic (exact) mass is 444 g/mol. The second-order valence-corrected chi connectivity index (χ2v) is 9.21. The smallest absolute Gasteiger partial charge is 0.241 e. The van der Waals surface area contributed by atoms with Gasteiger partial charge in [0.1, 0.15) is 5.75 Å². The molecule has 1 fully saturated rings. The summed E-state index contributed by atoms with van der Waals surface area (Å²) in [7, 11) is -3.85. The minimum Gasteiger partial charge on any atom is -0.372 e.